The van der Waals surface area contributed by atoms with E-state index in [1.54, 1.807) is 0 Å². The van der Waals surface area contributed by atoms with E-state index < -0.39 is 5.97 Å². The van der Waals surface area contributed by atoms with E-state index in [0.29, 0.717) is 6.42 Å². The number of unbranched alkanes of at least 4 members (excludes halogenated alkanes) is 2. The summed E-state index contributed by atoms with van der Waals surface area (Å²) < 4.78 is 0. The number of rotatable bonds is 6. The van der Waals surface area contributed by atoms with Crippen molar-refractivity contribution in [2.24, 2.45) is 23.7 Å². The van der Waals surface area contributed by atoms with Crippen molar-refractivity contribution in [2.45, 2.75) is 77.6 Å². The van der Waals surface area contributed by atoms with Gasteiger partial charge in [-0.1, -0.05) is 64.7 Å². The molecule has 0 radical (unpaired) electrons. The first-order chi connectivity index (χ1) is 9.18. The van der Waals surface area contributed by atoms with Gasteiger partial charge in [0, 0.05) is 6.42 Å². The molecule has 0 saturated heterocycles. The first-order valence-electron chi connectivity index (χ1n) is 8.40. The second kappa shape index (κ2) is 7.31. The SMILES string of the molecule is CC1CCCC2CCCC(CCCCCC(=O)O)C12. The van der Waals surface area contributed by atoms with Gasteiger partial charge in [0.05, 0.1) is 0 Å². The number of carbonyl (C=O) groups is 1. The number of hydrogen-bond donors (Lipinski definition) is 1. The van der Waals surface area contributed by atoms with E-state index in [-0.39, 0.29) is 0 Å². The van der Waals surface area contributed by atoms with Crippen LogP contribution >= 0.6 is 0 Å². The van der Waals surface area contributed by atoms with Crippen molar-refractivity contribution >= 4 is 5.97 Å². The van der Waals surface area contributed by atoms with E-state index in [0.717, 1.165) is 36.5 Å². The Bertz CT molecular complexity index is 285. The number of fused-ring (bicyclic) bond motifs is 1. The molecule has 2 heteroatoms. The highest BCUT2D eigenvalue weighted by molar-refractivity contribution is 5.66. The van der Waals surface area contributed by atoms with Crippen LogP contribution in [0.5, 0.6) is 0 Å². The zero-order valence-corrected chi connectivity index (χ0v) is 12.4. The third-order valence-corrected chi connectivity index (χ3v) is 5.60. The Hall–Kier alpha value is -0.530. The van der Waals surface area contributed by atoms with E-state index in [2.05, 4.69) is 6.92 Å². The highest BCUT2D eigenvalue weighted by Gasteiger charge is 2.38. The predicted molar refractivity (Wildman–Crippen MR) is 78.1 cm³/mol. The van der Waals surface area contributed by atoms with Gasteiger partial charge in [0.15, 0.2) is 0 Å². The van der Waals surface area contributed by atoms with E-state index in [9.17, 15) is 4.79 Å². The summed E-state index contributed by atoms with van der Waals surface area (Å²) >= 11 is 0. The molecule has 1 N–H and O–H groups in total. The Morgan fingerprint density at radius 2 is 1.79 bits per heavy atom. The maximum atomic E-state index is 10.5. The van der Waals surface area contributed by atoms with Crippen molar-refractivity contribution in [1.29, 1.82) is 0 Å². The maximum absolute atomic E-state index is 10.5. The summed E-state index contributed by atoms with van der Waals surface area (Å²) in [6, 6.07) is 0. The standard InChI is InChI=1S/C17H30O2/c1-13-7-5-9-15-11-6-10-14(17(13)15)8-3-2-4-12-16(18)19/h13-15,17H,2-12H2,1H3,(H,18,19). The van der Waals surface area contributed by atoms with Crippen LogP contribution in [0.4, 0.5) is 0 Å². The van der Waals surface area contributed by atoms with Gasteiger partial charge >= 0.3 is 5.97 Å². The third kappa shape index (κ3) is 4.22. The van der Waals surface area contributed by atoms with Crippen LogP contribution in [-0.4, -0.2) is 11.1 Å². The Labute approximate surface area is 118 Å². The summed E-state index contributed by atoms with van der Waals surface area (Å²) in [4.78, 5) is 10.5. The second-order valence-corrected chi connectivity index (χ2v) is 6.93. The van der Waals surface area contributed by atoms with Crippen molar-refractivity contribution < 1.29 is 9.90 Å². The summed E-state index contributed by atoms with van der Waals surface area (Å²) in [5, 5.41) is 8.65. The topological polar surface area (TPSA) is 37.3 Å². The van der Waals surface area contributed by atoms with Crippen LogP contribution in [-0.2, 0) is 4.79 Å². The molecule has 0 aromatic rings. The fourth-order valence-corrected chi connectivity index (χ4v) is 4.77. The van der Waals surface area contributed by atoms with Gasteiger partial charge in [-0.3, -0.25) is 4.79 Å². The molecule has 0 aliphatic heterocycles. The molecular formula is C17H30O2. The Balaban J connectivity index is 1.73. The van der Waals surface area contributed by atoms with E-state index in [1.807, 2.05) is 0 Å². The molecule has 0 heterocycles. The summed E-state index contributed by atoms with van der Waals surface area (Å²) in [6.45, 7) is 2.47. The number of hydrogen-bond acceptors (Lipinski definition) is 1. The first-order valence-corrected chi connectivity index (χ1v) is 8.40. The average molecular weight is 266 g/mol. The molecule has 0 amide bonds. The molecule has 0 bridgehead atoms. The molecule has 2 fully saturated rings. The summed E-state index contributed by atoms with van der Waals surface area (Å²) in [5.41, 5.74) is 0. The highest BCUT2D eigenvalue weighted by atomic mass is 16.4. The number of carboxylic acid groups (broad SMARTS) is 1. The zero-order valence-electron chi connectivity index (χ0n) is 12.4. The van der Waals surface area contributed by atoms with Crippen LogP contribution in [0.3, 0.4) is 0 Å². The Morgan fingerprint density at radius 3 is 2.53 bits per heavy atom. The fourth-order valence-electron chi connectivity index (χ4n) is 4.77. The molecule has 0 aromatic carbocycles. The van der Waals surface area contributed by atoms with Crippen LogP contribution < -0.4 is 0 Å². The van der Waals surface area contributed by atoms with Gasteiger partial charge in [-0.05, 0) is 30.1 Å². The summed E-state index contributed by atoms with van der Waals surface area (Å²) in [7, 11) is 0. The zero-order chi connectivity index (χ0) is 13.7. The average Bonchev–Trinajstić information content (AvgIpc) is 2.38. The number of carboxylic acids is 1. The van der Waals surface area contributed by atoms with Crippen LogP contribution in [0.2, 0.25) is 0 Å². The lowest BCUT2D eigenvalue weighted by molar-refractivity contribution is -0.137. The van der Waals surface area contributed by atoms with Gasteiger partial charge in [-0.25, -0.2) is 0 Å². The van der Waals surface area contributed by atoms with Gasteiger partial charge in [0.2, 0.25) is 0 Å². The molecule has 2 saturated carbocycles. The maximum Gasteiger partial charge on any atom is 0.303 e. The fraction of sp³-hybridized carbons (Fsp3) is 0.941. The molecule has 0 aromatic heterocycles. The second-order valence-electron chi connectivity index (χ2n) is 6.93. The van der Waals surface area contributed by atoms with Crippen molar-refractivity contribution in [2.75, 3.05) is 0 Å². The highest BCUT2D eigenvalue weighted by Crippen LogP contribution is 2.48. The lowest BCUT2D eigenvalue weighted by Crippen LogP contribution is -2.36. The molecule has 4 unspecified atom stereocenters. The Morgan fingerprint density at radius 1 is 1.05 bits per heavy atom. The third-order valence-electron chi connectivity index (χ3n) is 5.60. The minimum absolute atomic E-state index is 0.354. The van der Waals surface area contributed by atoms with Crippen molar-refractivity contribution in [3.8, 4) is 0 Å². The van der Waals surface area contributed by atoms with E-state index in [4.69, 9.17) is 5.11 Å². The van der Waals surface area contributed by atoms with Crippen molar-refractivity contribution in [1.82, 2.24) is 0 Å². The quantitative estimate of drug-likeness (QED) is 0.696. The van der Waals surface area contributed by atoms with Crippen LogP contribution in [0.1, 0.15) is 77.6 Å². The van der Waals surface area contributed by atoms with Gasteiger partial charge in [0.1, 0.15) is 0 Å². The lowest BCUT2D eigenvalue weighted by atomic mass is 9.60. The van der Waals surface area contributed by atoms with Gasteiger partial charge in [-0.2, -0.15) is 0 Å². The number of aliphatic carboxylic acids is 1. The monoisotopic (exact) mass is 266 g/mol. The normalized spacial score (nSPS) is 34.8. The minimum Gasteiger partial charge on any atom is -0.481 e. The van der Waals surface area contributed by atoms with Gasteiger partial charge in [-0.15, -0.1) is 0 Å². The molecule has 2 nitrogen and oxygen atoms in total. The lowest BCUT2D eigenvalue weighted by Gasteiger charge is -2.45. The van der Waals surface area contributed by atoms with Crippen LogP contribution in [0.25, 0.3) is 0 Å². The smallest absolute Gasteiger partial charge is 0.303 e. The molecule has 0 spiro atoms. The Kier molecular flexibility index (Phi) is 5.72. The molecular weight excluding hydrogens is 236 g/mol. The minimum atomic E-state index is -0.640. The van der Waals surface area contributed by atoms with Crippen LogP contribution in [0, 0.1) is 23.7 Å². The summed E-state index contributed by atoms with van der Waals surface area (Å²) in [6.07, 6.45) is 13.6. The first kappa shape index (κ1) is 14.9. The molecule has 2 aliphatic rings. The van der Waals surface area contributed by atoms with Crippen molar-refractivity contribution in [3.63, 3.8) is 0 Å². The van der Waals surface area contributed by atoms with Crippen molar-refractivity contribution in [3.05, 3.63) is 0 Å². The van der Waals surface area contributed by atoms with Gasteiger partial charge in [0.25, 0.3) is 0 Å². The molecule has 2 rings (SSSR count). The van der Waals surface area contributed by atoms with Gasteiger partial charge < -0.3 is 5.11 Å². The largest absolute Gasteiger partial charge is 0.481 e. The van der Waals surface area contributed by atoms with E-state index >= 15 is 0 Å². The molecule has 110 valence electrons. The predicted octanol–water partition coefficient (Wildman–Crippen LogP) is 4.87. The van der Waals surface area contributed by atoms with E-state index in [1.165, 1.54) is 51.4 Å². The molecule has 19 heavy (non-hydrogen) atoms. The molecule has 4 atom stereocenters. The summed E-state index contributed by atoms with van der Waals surface area (Å²) in [5.74, 6) is 3.24. The van der Waals surface area contributed by atoms with Crippen LogP contribution in [0.15, 0.2) is 0 Å². The molecule has 2 aliphatic carbocycles.